The molecule has 1 aromatic heterocycles. The highest BCUT2D eigenvalue weighted by Gasteiger charge is 2.27. The van der Waals surface area contributed by atoms with Crippen LogP contribution in [0.5, 0.6) is 0 Å². The second kappa shape index (κ2) is 18.3. The highest BCUT2D eigenvalue weighted by molar-refractivity contribution is 5.55. The van der Waals surface area contributed by atoms with Crippen molar-refractivity contribution in [2.45, 2.75) is 142 Å². The number of unbranched alkanes of at least 4 members (excludes halogenated alkanes) is 10. The molecule has 2 heteroatoms. The molecule has 210 valence electrons. The molecule has 1 heterocycles. The zero-order valence-electron chi connectivity index (χ0n) is 24.8. The Morgan fingerprint density at radius 2 is 1.34 bits per heavy atom. The van der Waals surface area contributed by atoms with E-state index in [9.17, 15) is 0 Å². The van der Waals surface area contributed by atoms with E-state index >= 15 is 0 Å². The van der Waals surface area contributed by atoms with E-state index in [4.69, 9.17) is 9.97 Å². The minimum Gasteiger partial charge on any atom is -0.236 e. The Balaban J connectivity index is 1.44. The number of benzene rings is 1. The Bertz CT molecular complexity index is 861. The fraction of sp³-hybridized carbons (Fsp3) is 0.667. The summed E-state index contributed by atoms with van der Waals surface area (Å²) in [5.41, 5.74) is 3.86. The fourth-order valence-corrected chi connectivity index (χ4v) is 6.49. The van der Waals surface area contributed by atoms with Gasteiger partial charge in [0.25, 0.3) is 0 Å². The van der Waals surface area contributed by atoms with Gasteiger partial charge in [-0.1, -0.05) is 134 Å². The zero-order chi connectivity index (χ0) is 26.8. The van der Waals surface area contributed by atoms with Crippen LogP contribution in [0.1, 0.15) is 146 Å². The summed E-state index contributed by atoms with van der Waals surface area (Å²) in [5, 5.41) is 0. The van der Waals surface area contributed by atoms with Crippen molar-refractivity contribution < 1.29 is 0 Å². The van der Waals surface area contributed by atoms with E-state index in [0.29, 0.717) is 5.92 Å². The molecule has 0 radical (unpaired) electrons. The summed E-state index contributed by atoms with van der Waals surface area (Å²) in [6, 6.07) is 9.13. The number of hydrogen-bond donors (Lipinski definition) is 0. The Hall–Kier alpha value is -1.96. The van der Waals surface area contributed by atoms with Crippen molar-refractivity contribution in [2.24, 2.45) is 11.8 Å². The first kappa shape index (κ1) is 30.6. The molecular weight excluding hydrogens is 460 g/mol. The van der Waals surface area contributed by atoms with Gasteiger partial charge in [-0.25, -0.2) is 9.97 Å². The van der Waals surface area contributed by atoms with Crippen molar-refractivity contribution in [3.8, 4) is 11.4 Å². The predicted octanol–water partition coefficient (Wildman–Crippen LogP) is 11.3. The summed E-state index contributed by atoms with van der Waals surface area (Å²) in [5.74, 6) is 3.20. The third-order valence-electron chi connectivity index (χ3n) is 8.97. The van der Waals surface area contributed by atoms with Gasteiger partial charge in [0.05, 0.1) is 0 Å². The number of allylic oxidation sites excluding steroid dienone is 1. The average Bonchev–Trinajstić information content (AvgIpc) is 2.96. The Morgan fingerprint density at radius 3 is 1.95 bits per heavy atom. The van der Waals surface area contributed by atoms with Crippen molar-refractivity contribution in [2.75, 3.05) is 0 Å². The monoisotopic (exact) mass is 516 g/mol. The molecule has 2 nitrogen and oxygen atoms in total. The fourth-order valence-electron chi connectivity index (χ4n) is 6.49. The Labute approximate surface area is 235 Å². The summed E-state index contributed by atoms with van der Waals surface area (Å²) in [7, 11) is 0. The Kier molecular flexibility index (Phi) is 14.8. The zero-order valence-corrected chi connectivity index (χ0v) is 24.8. The maximum atomic E-state index is 4.72. The van der Waals surface area contributed by atoms with Gasteiger partial charge in [0.15, 0.2) is 5.82 Å². The van der Waals surface area contributed by atoms with Crippen LogP contribution in [0.2, 0.25) is 0 Å². The first-order chi connectivity index (χ1) is 18.7. The van der Waals surface area contributed by atoms with Gasteiger partial charge in [-0.2, -0.15) is 0 Å². The van der Waals surface area contributed by atoms with Gasteiger partial charge in [-0.15, -0.1) is 6.58 Å². The number of hydrogen-bond acceptors (Lipinski definition) is 2. The van der Waals surface area contributed by atoms with Crippen LogP contribution in [0.4, 0.5) is 0 Å². The second-order valence-electron chi connectivity index (χ2n) is 12.0. The van der Waals surface area contributed by atoms with E-state index in [1.165, 1.54) is 120 Å². The van der Waals surface area contributed by atoms with E-state index in [0.717, 1.165) is 36.1 Å². The lowest BCUT2D eigenvalue weighted by molar-refractivity contribution is 0.230. The van der Waals surface area contributed by atoms with Crippen molar-refractivity contribution in [3.63, 3.8) is 0 Å². The van der Waals surface area contributed by atoms with Crippen LogP contribution in [-0.2, 0) is 6.42 Å². The SMILES string of the molecule is C=CCC(c1ccc(-c2ncc(CCCCCCCCCCC)cn2)cc1)[C@H]1CC[C@H](CCCCC)CC1. The van der Waals surface area contributed by atoms with E-state index in [2.05, 4.69) is 50.8 Å². The quantitative estimate of drug-likeness (QED) is 0.137. The molecule has 0 bridgehead atoms. The van der Waals surface area contributed by atoms with Crippen molar-refractivity contribution >= 4 is 0 Å². The van der Waals surface area contributed by atoms with Crippen molar-refractivity contribution in [1.82, 2.24) is 9.97 Å². The van der Waals surface area contributed by atoms with Crippen molar-refractivity contribution in [1.29, 1.82) is 0 Å². The maximum absolute atomic E-state index is 4.72. The van der Waals surface area contributed by atoms with E-state index < -0.39 is 0 Å². The molecule has 0 amide bonds. The largest absolute Gasteiger partial charge is 0.236 e. The normalized spacial score (nSPS) is 18.4. The summed E-state index contributed by atoms with van der Waals surface area (Å²) < 4.78 is 0. The predicted molar refractivity (Wildman–Crippen MR) is 166 cm³/mol. The molecule has 3 rings (SSSR count). The molecule has 0 N–H and O–H groups in total. The summed E-state index contributed by atoms with van der Waals surface area (Å²) >= 11 is 0. The third-order valence-corrected chi connectivity index (χ3v) is 8.97. The van der Waals surface area contributed by atoms with Crippen LogP contribution in [0.15, 0.2) is 49.3 Å². The summed E-state index contributed by atoms with van der Waals surface area (Å²) in [6.45, 7) is 8.68. The van der Waals surface area contributed by atoms with Crippen LogP contribution >= 0.6 is 0 Å². The topological polar surface area (TPSA) is 25.8 Å². The lowest BCUT2D eigenvalue weighted by Crippen LogP contribution is -2.20. The lowest BCUT2D eigenvalue weighted by atomic mass is 9.71. The molecule has 1 unspecified atom stereocenters. The molecule has 1 aliphatic carbocycles. The van der Waals surface area contributed by atoms with Crippen molar-refractivity contribution in [3.05, 3.63) is 60.4 Å². The van der Waals surface area contributed by atoms with E-state index in [1.54, 1.807) is 0 Å². The number of aromatic nitrogens is 2. The Morgan fingerprint density at radius 1 is 0.763 bits per heavy atom. The van der Waals surface area contributed by atoms with Gasteiger partial charge in [0.1, 0.15) is 0 Å². The minimum atomic E-state index is 0.595. The van der Waals surface area contributed by atoms with Crippen LogP contribution in [0, 0.1) is 11.8 Å². The van der Waals surface area contributed by atoms with Gasteiger partial charge in [0, 0.05) is 18.0 Å². The molecule has 38 heavy (non-hydrogen) atoms. The molecule has 2 aromatic rings. The first-order valence-corrected chi connectivity index (χ1v) is 16.3. The van der Waals surface area contributed by atoms with Gasteiger partial charge in [-0.3, -0.25) is 0 Å². The lowest BCUT2D eigenvalue weighted by Gasteiger charge is -2.34. The van der Waals surface area contributed by atoms with Crippen LogP contribution in [0.25, 0.3) is 11.4 Å². The maximum Gasteiger partial charge on any atom is 0.159 e. The molecule has 0 saturated heterocycles. The number of nitrogens with zero attached hydrogens (tertiary/aromatic N) is 2. The molecular formula is C36H56N2. The van der Waals surface area contributed by atoms with E-state index in [-0.39, 0.29) is 0 Å². The molecule has 0 spiro atoms. The molecule has 0 aliphatic heterocycles. The molecule has 1 aromatic carbocycles. The highest BCUT2D eigenvalue weighted by atomic mass is 14.9. The van der Waals surface area contributed by atoms with Crippen LogP contribution in [-0.4, -0.2) is 9.97 Å². The summed E-state index contributed by atoms with van der Waals surface area (Å²) in [4.78, 5) is 9.44. The standard InChI is InChI=1S/C36H56N2/c1-4-7-9-10-11-12-13-14-16-19-31-28-37-36(38-29-31)34-26-24-33(25-27-34)35(17-6-3)32-22-20-30(21-23-32)18-15-8-5-2/h6,24-30,32,35H,3-5,7-23H2,1-2H3/t30-,32-,35?. The van der Waals surface area contributed by atoms with Gasteiger partial charge < -0.3 is 0 Å². The second-order valence-corrected chi connectivity index (χ2v) is 12.0. The average molecular weight is 517 g/mol. The molecule has 1 aliphatic rings. The summed E-state index contributed by atoms with van der Waals surface area (Å²) in [6.07, 6.45) is 31.9. The van der Waals surface area contributed by atoms with E-state index in [1.807, 2.05) is 12.4 Å². The molecule has 1 atom stereocenters. The van der Waals surface area contributed by atoms with Gasteiger partial charge in [0.2, 0.25) is 0 Å². The first-order valence-electron chi connectivity index (χ1n) is 16.3. The van der Waals surface area contributed by atoms with Crippen LogP contribution < -0.4 is 0 Å². The number of aryl methyl sites for hydroxylation is 1. The third kappa shape index (κ3) is 10.7. The highest BCUT2D eigenvalue weighted by Crippen LogP contribution is 2.41. The molecule has 1 saturated carbocycles. The van der Waals surface area contributed by atoms with Gasteiger partial charge in [-0.05, 0) is 61.0 Å². The minimum absolute atomic E-state index is 0.595. The van der Waals surface area contributed by atoms with Gasteiger partial charge >= 0.3 is 0 Å². The smallest absolute Gasteiger partial charge is 0.159 e. The van der Waals surface area contributed by atoms with Crippen LogP contribution in [0.3, 0.4) is 0 Å². The molecule has 1 fully saturated rings. The number of rotatable bonds is 19.